The average Bonchev–Trinajstić information content (AvgIpc) is 2.95. The molecule has 1 atom stereocenters. The van der Waals surface area contributed by atoms with Gasteiger partial charge in [-0.05, 0) is 54.8 Å². The number of nitrogens with zero attached hydrogens (tertiary/aromatic N) is 2. The molecular formula is C29H35N3O5S. The van der Waals surface area contributed by atoms with Crippen molar-refractivity contribution in [3.8, 4) is 5.75 Å². The zero-order chi connectivity index (χ0) is 27.5. The van der Waals surface area contributed by atoms with Crippen LogP contribution in [0.25, 0.3) is 0 Å². The second-order valence-electron chi connectivity index (χ2n) is 8.75. The third kappa shape index (κ3) is 7.13. The summed E-state index contributed by atoms with van der Waals surface area (Å²) in [6.45, 7) is 3.98. The lowest BCUT2D eigenvalue weighted by molar-refractivity contribution is -0.140. The lowest BCUT2D eigenvalue weighted by Gasteiger charge is -2.33. The Kier molecular flexibility index (Phi) is 10.3. The van der Waals surface area contributed by atoms with Gasteiger partial charge in [-0.2, -0.15) is 0 Å². The van der Waals surface area contributed by atoms with Crippen molar-refractivity contribution in [1.29, 1.82) is 0 Å². The van der Waals surface area contributed by atoms with Crippen molar-refractivity contribution in [2.45, 2.75) is 44.2 Å². The number of amides is 2. The molecule has 202 valence electrons. The Morgan fingerprint density at radius 3 is 2.05 bits per heavy atom. The number of ether oxygens (including phenoxy) is 1. The van der Waals surface area contributed by atoms with Crippen LogP contribution in [0.5, 0.6) is 5.75 Å². The maximum Gasteiger partial charge on any atom is 0.264 e. The van der Waals surface area contributed by atoms with Gasteiger partial charge in [-0.15, -0.1) is 0 Å². The molecule has 0 fully saturated rings. The molecule has 0 aliphatic rings. The largest absolute Gasteiger partial charge is 0.497 e. The first-order valence-corrected chi connectivity index (χ1v) is 14.1. The minimum absolute atomic E-state index is 0.0253. The zero-order valence-corrected chi connectivity index (χ0v) is 22.9. The fraction of sp³-hybridized carbons (Fsp3) is 0.310. The molecule has 2 amide bonds. The van der Waals surface area contributed by atoms with Crippen LogP contribution in [-0.4, -0.2) is 51.4 Å². The number of sulfonamides is 1. The lowest BCUT2D eigenvalue weighted by Crippen LogP contribution is -2.52. The SMILES string of the molecule is CCCNC(=O)[C@H](CC)N(Cc1ccccc1)C(=O)CN(c1ccccc1)S(=O)(=O)c1ccc(OC)cc1. The van der Waals surface area contributed by atoms with Gasteiger partial charge in [0.15, 0.2) is 0 Å². The summed E-state index contributed by atoms with van der Waals surface area (Å²) in [5, 5.41) is 2.88. The summed E-state index contributed by atoms with van der Waals surface area (Å²) in [5.41, 5.74) is 1.19. The molecule has 0 aromatic heterocycles. The summed E-state index contributed by atoms with van der Waals surface area (Å²) >= 11 is 0. The van der Waals surface area contributed by atoms with Gasteiger partial charge < -0.3 is 15.0 Å². The molecule has 0 saturated heterocycles. The number of benzene rings is 3. The Labute approximate surface area is 225 Å². The molecule has 0 aliphatic heterocycles. The minimum atomic E-state index is -4.12. The van der Waals surface area contributed by atoms with E-state index in [4.69, 9.17) is 4.74 Å². The predicted molar refractivity (Wildman–Crippen MR) is 148 cm³/mol. The van der Waals surface area contributed by atoms with Crippen LogP contribution in [0.3, 0.4) is 0 Å². The minimum Gasteiger partial charge on any atom is -0.497 e. The van der Waals surface area contributed by atoms with E-state index >= 15 is 0 Å². The number of carbonyl (C=O) groups excluding carboxylic acids is 2. The fourth-order valence-corrected chi connectivity index (χ4v) is 5.48. The zero-order valence-electron chi connectivity index (χ0n) is 22.0. The second-order valence-corrected chi connectivity index (χ2v) is 10.6. The van der Waals surface area contributed by atoms with Crippen molar-refractivity contribution in [3.05, 3.63) is 90.5 Å². The van der Waals surface area contributed by atoms with E-state index in [0.717, 1.165) is 16.3 Å². The van der Waals surface area contributed by atoms with Crippen LogP contribution in [0.2, 0.25) is 0 Å². The maximum atomic E-state index is 13.9. The number of nitrogens with one attached hydrogen (secondary N) is 1. The molecule has 3 rings (SSSR count). The molecule has 3 aromatic carbocycles. The highest BCUT2D eigenvalue weighted by Crippen LogP contribution is 2.26. The Balaban J connectivity index is 2.01. The van der Waals surface area contributed by atoms with Gasteiger partial charge >= 0.3 is 0 Å². The quantitative estimate of drug-likeness (QED) is 0.352. The smallest absolute Gasteiger partial charge is 0.264 e. The number of hydrogen-bond acceptors (Lipinski definition) is 5. The molecule has 0 bridgehead atoms. The van der Waals surface area contributed by atoms with Crippen molar-refractivity contribution in [1.82, 2.24) is 10.2 Å². The van der Waals surface area contributed by atoms with Crippen LogP contribution in [0.15, 0.2) is 89.8 Å². The van der Waals surface area contributed by atoms with E-state index in [9.17, 15) is 18.0 Å². The van der Waals surface area contributed by atoms with Crippen LogP contribution in [0.1, 0.15) is 32.3 Å². The van der Waals surface area contributed by atoms with E-state index in [1.807, 2.05) is 44.2 Å². The van der Waals surface area contributed by atoms with E-state index in [1.54, 1.807) is 42.5 Å². The van der Waals surface area contributed by atoms with Gasteiger partial charge in [-0.25, -0.2) is 8.42 Å². The molecule has 0 aliphatic carbocycles. The third-order valence-corrected chi connectivity index (χ3v) is 7.89. The molecule has 3 aromatic rings. The highest BCUT2D eigenvalue weighted by molar-refractivity contribution is 7.92. The highest BCUT2D eigenvalue weighted by atomic mass is 32.2. The van der Waals surface area contributed by atoms with Crippen molar-refractivity contribution < 1.29 is 22.7 Å². The van der Waals surface area contributed by atoms with E-state index < -0.39 is 28.5 Å². The standard InChI is InChI=1S/C29H35N3O5S/c1-4-20-30-29(34)27(5-2)31(21-23-12-8-6-9-13-23)28(33)22-32(24-14-10-7-11-15-24)38(35,36)26-18-16-25(37-3)17-19-26/h6-19,27H,4-5,20-22H2,1-3H3,(H,30,34)/t27-/m0/s1. The summed E-state index contributed by atoms with van der Waals surface area (Å²) in [6, 6.07) is 23.1. The van der Waals surface area contributed by atoms with Gasteiger partial charge in [0.1, 0.15) is 18.3 Å². The third-order valence-electron chi connectivity index (χ3n) is 6.10. The fourth-order valence-electron chi connectivity index (χ4n) is 4.06. The number of methoxy groups -OCH3 is 1. The van der Waals surface area contributed by atoms with Gasteiger partial charge in [0.05, 0.1) is 17.7 Å². The summed E-state index contributed by atoms with van der Waals surface area (Å²) in [5.74, 6) is -0.222. The van der Waals surface area contributed by atoms with Crippen molar-refractivity contribution in [2.24, 2.45) is 0 Å². The number of para-hydroxylation sites is 1. The molecular weight excluding hydrogens is 502 g/mol. The first-order valence-electron chi connectivity index (χ1n) is 12.6. The summed E-state index contributed by atoms with van der Waals surface area (Å²) < 4.78 is 33.8. The molecule has 9 heteroatoms. The maximum absolute atomic E-state index is 13.9. The van der Waals surface area contributed by atoms with Crippen LogP contribution in [0, 0.1) is 0 Å². The molecule has 8 nitrogen and oxygen atoms in total. The molecule has 38 heavy (non-hydrogen) atoms. The van der Waals surface area contributed by atoms with Crippen molar-refractivity contribution in [2.75, 3.05) is 24.5 Å². The predicted octanol–water partition coefficient (Wildman–Crippen LogP) is 4.22. The van der Waals surface area contributed by atoms with Crippen LogP contribution < -0.4 is 14.4 Å². The van der Waals surface area contributed by atoms with Gasteiger partial charge in [-0.1, -0.05) is 62.4 Å². The Hall–Kier alpha value is -3.85. The number of hydrogen-bond donors (Lipinski definition) is 1. The topological polar surface area (TPSA) is 96.0 Å². The number of anilines is 1. The van der Waals surface area contributed by atoms with E-state index in [2.05, 4.69) is 5.32 Å². The molecule has 0 radical (unpaired) electrons. The van der Waals surface area contributed by atoms with Crippen molar-refractivity contribution in [3.63, 3.8) is 0 Å². The Morgan fingerprint density at radius 1 is 0.895 bits per heavy atom. The molecule has 0 spiro atoms. The van der Waals surface area contributed by atoms with Gasteiger partial charge in [0.2, 0.25) is 11.8 Å². The average molecular weight is 538 g/mol. The molecule has 0 saturated carbocycles. The van der Waals surface area contributed by atoms with Crippen LogP contribution >= 0.6 is 0 Å². The number of carbonyl (C=O) groups is 2. The second kappa shape index (κ2) is 13.6. The summed E-state index contributed by atoms with van der Waals surface area (Å²) in [4.78, 5) is 28.5. The highest BCUT2D eigenvalue weighted by Gasteiger charge is 2.33. The summed E-state index contributed by atoms with van der Waals surface area (Å²) in [7, 11) is -2.62. The first-order chi connectivity index (χ1) is 18.3. The van der Waals surface area contributed by atoms with Gasteiger partial charge in [-0.3, -0.25) is 13.9 Å². The molecule has 0 heterocycles. The first kappa shape index (κ1) is 28.7. The van der Waals surface area contributed by atoms with Gasteiger partial charge in [0.25, 0.3) is 10.0 Å². The van der Waals surface area contributed by atoms with Crippen LogP contribution in [0.4, 0.5) is 5.69 Å². The Bertz CT molecular complexity index is 1280. The van der Waals surface area contributed by atoms with Crippen LogP contribution in [-0.2, 0) is 26.2 Å². The molecule has 1 N–H and O–H groups in total. The lowest BCUT2D eigenvalue weighted by atomic mass is 10.1. The normalized spacial score (nSPS) is 11.9. The molecule has 0 unspecified atom stereocenters. The van der Waals surface area contributed by atoms with E-state index in [1.165, 1.54) is 24.1 Å². The number of rotatable bonds is 13. The van der Waals surface area contributed by atoms with E-state index in [0.29, 0.717) is 24.4 Å². The Morgan fingerprint density at radius 2 is 1.50 bits per heavy atom. The van der Waals surface area contributed by atoms with Gasteiger partial charge in [0, 0.05) is 13.1 Å². The van der Waals surface area contributed by atoms with E-state index in [-0.39, 0.29) is 17.3 Å². The summed E-state index contributed by atoms with van der Waals surface area (Å²) in [6.07, 6.45) is 1.14. The monoisotopic (exact) mass is 537 g/mol. The van der Waals surface area contributed by atoms with Crippen molar-refractivity contribution >= 4 is 27.5 Å².